The Balaban J connectivity index is 1.49. The molecule has 3 aromatic carbocycles. The first-order chi connectivity index (χ1) is 16.9. The van der Waals surface area contributed by atoms with Gasteiger partial charge in [0.25, 0.3) is 11.5 Å². The smallest absolute Gasteiger partial charge is 0.261 e. The number of hydrogen-bond donors (Lipinski definition) is 1. The number of benzene rings is 3. The molecule has 0 aliphatic heterocycles. The zero-order valence-corrected chi connectivity index (χ0v) is 20.3. The van der Waals surface area contributed by atoms with E-state index in [0.29, 0.717) is 46.9 Å². The number of hydrogen-bond acceptors (Lipinski definition) is 4. The molecule has 1 heterocycles. The summed E-state index contributed by atoms with van der Waals surface area (Å²) in [6, 6.07) is 20.3. The molecule has 4 aromatic rings. The molecular weight excluding hydrogens is 460 g/mol. The van der Waals surface area contributed by atoms with Gasteiger partial charge in [-0.2, -0.15) is 0 Å². The fourth-order valence-corrected chi connectivity index (χ4v) is 3.93. The summed E-state index contributed by atoms with van der Waals surface area (Å²) in [5.74, 6) is 3.19. The van der Waals surface area contributed by atoms with Crippen molar-refractivity contribution in [3.05, 3.63) is 105 Å². The molecule has 0 atom stereocenters. The van der Waals surface area contributed by atoms with Gasteiger partial charge in [0.2, 0.25) is 0 Å². The maximum atomic E-state index is 12.7. The van der Waals surface area contributed by atoms with Crippen LogP contribution in [0.15, 0.2) is 71.5 Å². The lowest BCUT2D eigenvalue weighted by Gasteiger charge is -2.23. The van der Waals surface area contributed by atoms with Crippen molar-refractivity contribution in [3.63, 3.8) is 0 Å². The zero-order chi connectivity index (χ0) is 24.9. The number of carbonyl (C=O) groups excluding carboxylic acids is 1. The highest BCUT2D eigenvalue weighted by molar-refractivity contribution is 6.30. The third kappa shape index (κ3) is 5.53. The van der Waals surface area contributed by atoms with Gasteiger partial charge in [0.15, 0.2) is 0 Å². The van der Waals surface area contributed by atoms with Crippen LogP contribution >= 0.6 is 11.6 Å². The van der Waals surface area contributed by atoms with E-state index in [0.717, 1.165) is 16.8 Å². The van der Waals surface area contributed by atoms with Crippen molar-refractivity contribution in [3.8, 4) is 12.3 Å². The lowest BCUT2D eigenvalue weighted by atomic mass is 10.1. The van der Waals surface area contributed by atoms with Crippen LogP contribution in [0.2, 0.25) is 5.02 Å². The number of aryl methyl sites for hydroxylation is 1. The standard InChI is InChI=1S/C28H25ClN4O2/c1-4-15-33(18-21-7-14-26-25(16-21)28(35)32(3)19(2)31-26)24-12-8-22(9-13-24)27(34)30-17-20-5-10-23(29)11-6-20/h1,5-14,16H,15,17-18H2,2-3H3,(H,30,34). The Labute approximate surface area is 209 Å². The highest BCUT2D eigenvalue weighted by Gasteiger charge is 2.12. The molecule has 6 nitrogen and oxygen atoms in total. The second-order valence-corrected chi connectivity index (χ2v) is 8.73. The molecule has 0 saturated heterocycles. The van der Waals surface area contributed by atoms with Gasteiger partial charge in [0.05, 0.1) is 17.4 Å². The Morgan fingerprint density at radius 1 is 1.09 bits per heavy atom. The van der Waals surface area contributed by atoms with Crippen LogP contribution in [0.5, 0.6) is 0 Å². The van der Waals surface area contributed by atoms with E-state index in [1.165, 1.54) is 0 Å². The third-order valence-corrected chi connectivity index (χ3v) is 6.13. The van der Waals surface area contributed by atoms with E-state index in [9.17, 15) is 9.59 Å². The number of aromatic nitrogens is 2. The lowest BCUT2D eigenvalue weighted by Crippen LogP contribution is -2.25. The van der Waals surface area contributed by atoms with Gasteiger partial charge in [-0.15, -0.1) is 6.42 Å². The molecule has 176 valence electrons. The molecule has 0 radical (unpaired) electrons. The molecule has 0 spiro atoms. The van der Waals surface area contributed by atoms with Gasteiger partial charge in [-0.3, -0.25) is 14.2 Å². The first-order valence-corrected chi connectivity index (χ1v) is 11.5. The van der Waals surface area contributed by atoms with Gasteiger partial charge >= 0.3 is 0 Å². The molecule has 0 saturated carbocycles. The second-order valence-electron chi connectivity index (χ2n) is 8.29. The largest absolute Gasteiger partial charge is 0.356 e. The van der Waals surface area contributed by atoms with E-state index in [4.69, 9.17) is 18.0 Å². The van der Waals surface area contributed by atoms with Gasteiger partial charge in [-0.25, -0.2) is 4.98 Å². The number of halogens is 1. The number of terminal acetylenes is 1. The molecular formula is C28H25ClN4O2. The number of fused-ring (bicyclic) bond motifs is 1. The van der Waals surface area contributed by atoms with Crippen LogP contribution < -0.4 is 15.8 Å². The summed E-state index contributed by atoms with van der Waals surface area (Å²) >= 11 is 5.91. The summed E-state index contributed by atoms with van der Waals surface area (Å²) < 4.78 is 1.54. The number of amides is 1. The minimum absolute atomic E-state index is 0.0770. The van der Waals surface area contributed by atoms with Crippen molar-refractivity contribution in [2.24, 2.45) is 7.05 Å². The number of carbonyl (C=O) groups is 1. The Bertz CT molecular complexity index is 1470. The van der Waals surface area contributed by atoms with Crippen LogP contribution in [0.25, 0.3) is 10.9 Å². The number of anilines is 1. The number of nitrogens with zero attached hydrogens (tertiary/aromatic N) is 3. The van der Waals surface area contributed by atoms with Crippen molar-refractivity contribution in [1.82, 2.24) is 14.9 Å². The molecule has 1 aromatic heterocycles. The average molecular weight is 485 g/mol. The highest BCUT2D eigenvalue weighted by Crippen LogP contribution is 2.20. The first-order valence-electron chi connectivity index (χ1n) is 11.1. The predicted molar refractivity (Wildman–Crippen MR) is 141 cm³/mol. The van der Waals surface area contributed by atoms with Gasteiger partial charge in [0.1, 0.15) is 5.82 Å². The molecule has 1 N–H and O–H groups in total. The minimum Gasteiger partial charge on any atom is -0.356 e. The monoisotopic (exact) mass is 484 g/mol. The van der Waals surface area contributed by atoms with Gasteiger partial charge in [-0.05, 0) is 66.6 Å². The van der Waals surface area contributed by atoms with Crippen LogP contribution in [-0.2, 0) is 20.1 Å². The zero-order valence-electron chi connectivity index (χ0n) is 19.6. The first kappa shape index (κ1) is 24.1. The van der Waals surface area contributed by atoms with Gasteiger partial charge < -0.3 is 10.2 Å². The van der Waals surface area contributed by atoms with E-state index in [-0.39, 0.29) is 11.5 Å². The fourth-order valence-electron chi connectivity index (χ4n) is 3.81. The predicted octanol–water partition coefficient (Wildman–Crippen LogP) is 4.47. The van der Waals surface area contributed by atoms with Crippen molar-refractivity contribution in [2.45, 2.75) is 20.0 Å². The lowest BCUT2D eigenvalue weighted by molar-refractivity contribution is 0.0951. The van der Waals surface area contributed by atoms with E-state index < -0.39 is 0 Å². The van der Waals surface area contributed by atoms with Crippen molar-refractivity contribution >= 4 is 34.1 Å². The molecule has 0 bridgehead atoms. The molecule has 4 rings (SSSR count). The summed E-state index contributed by atoms with van der Waals surface area (Å²) in [7, 11) is 1.72. The average Bonchev–Trinajstić information content (AvgIpc) is 2.87. The molecule has 0 unspecified atom stereocenters. The van der Waals surface area contributed by atoms with Crippen LogP contribution in [0, 0.1) is 19.3 Å². The van der Waals surface area contributed by atoms with Gasteiger partial charge in [0, 0.05) is 36.4 Å². The molecule has 0 aliphatic rings. The fraction of sp³-hybridized carbons (Fsp3) is 0.179. The molecule has 35 heavy (non-hydrogen) atoms. The van der Waals surface area contributed by atoms with E-state index >= 15 is 0 Å². The van der Waals surface area contributed by atoms with Crippen molar-refractivity contribution in [1.29, 1.82) is 0 Å². The third-order valence-electron chi connectivity index (χ3n) is 5.88. The van der Waals surface area contributed by atoms with Crippen LogP contribution in [-0.4, -0.2) is 22.0 Å². The number of nitrogens with one attached hydrogen (secondary N) is 1. The summed E-state index contributed by atoms with van der Waals surface area (Å²) in [6.07, 6.45) is 5.63. The topological polar surface area (TPSA) is 67.2 Å². The maximum absolute atomic E-state index is 12.7. The summed E-state index contributed by atoms with van der Waals surface area (Å²) in [5.41, 5.74) is 3.94. The second kappa shape index (κ2) is 10.5. The quantitative estimate of drug-likeness (QED) is 0.393. The summed E-state index contributed by atoms with van der Waals surface area (Å²) in [5, 5.41) is 4.14. The highest BCUT2D eigenvalue weighted by atomic mass is 35.5. The number of rotatable bonds is 7. The van der Waals surface area contributed by atoms with E-state index in [1.54, 1.807) is 35.9 Å². The Hall–Kier alpha value is -4.08. The Kier molecular flexibility index (Phi) is 7.19. The van der Waals surface area contributed by atoms with Crippen LogP contribution in [0.3, 0.4) is 0 Å². The molecule has 1 amide bonds. The maximum Gasteiger partial charge on any atom is 0.261 e. The molecule has 7 heteroatoms. The SMILES string of the molecule is C#CCN(Cc1ccc2nc(C)n(C)c(=O)c2c1)c1ccc(C(=O)NCc2ccc(Cl)cc2)cc1. The molecule has 0 fully saturated rings. The van der Waals surface area contributed by atoms with Gasteiger partial charge in [-0.1, -0.05) is 35.7 Å². The van der Waals surface area contributed by atoms with E-state index in [1.807, 2.05) is 54.3 Å². The minimum atomic E-state index is -0.164. The van der Waals surface area contributed by atoms with Crippen LogP contribution in [0.4, 0.5) is 5.69 Å². The van der Waals surface area contributed by atoms with Crippen molar-refractivity contribution < 1.29 is 4.79 Å². The Morgan fingerprint density at radius 3 is 2.46 bits per heavy atom. The van der Waals surface area contributed by atoms with Crippen molar-refractivity contribution in [2.75, 3.05) is 11.4 Å². The molecule has 0 aliphatic carbocycles. The van der Waals surface area contributed by atoms with Crippen LogP contribution in [0.1, 0.15) is 27.3 Å². The Morgan fingerprint density at radius 2 is 1.77 bits per heavy atom. The normalized spacial score (nSPS) is 10.7. The summed E-state index contributed by atoms with van der Waals surface area (Å²) in [6.45, 7) is 3.12. The van der Waals surface area contributed by atoms with E-state index in [2.05, 4.69) is 16.2 Å². The summed E-state index contributed by atoms with van der Waals surface area (Å²) in [4.78, 5) is 31.8.